The summed E-state index contributed by atoms with van der Waals surface area (Å²) in [4.78, 5) is 27.7. The van der Waals surface area contributed by atoms with Gasteiger partial charge in [0.2, 0.25) is 0 Å². The molecule has 0 spiro atoms. The van der Waals surface area contributed by atoms with Crippen LogP contribution in [0.5, 0.6) is 5.75 Å². The topological polar surface area (TPSA) is 83.3 Å². The van der Waals surface area contributed by atoms with E-state index in [1.165, 1.54) is 14.0 Å². The molecule has 0 radical (unpaired) electrons. The lowest BCUT2D eigenvalue weighted by atomic mass is 10.2. The Balaban J connectivity index is 2.68. The van der Waals surface area contributed by atoms with Crippen LogP contribution in [0.15, 0.2) is 23.0 Å². The molecule has 0 saturated carbocycles. The van der Waals surface area contributed by atoms with Crippen molar-refractivity contribution in [1.29, 1.82) is 0 Å². The van der Waals surface area contributed by atoms with Gasteiger partial charge in [0, 0.05) is 6.92 Å². The second kappa shape index (κ2) is 4.20. The third-order valence-corrected chi connectivity index (χ3v) is 2.06. The maximum absolute atomic E-state index is 11.9. The lowest BCUT2D eigenvalue weighted by molar-refractivity contribution is -0.143. The number of ether oxygens (including phenoxy) is 1. The van der Waals surface area contributed by atoms with E-state index < -0.39 is 11.5 Å². The number of carbonyl (C=O) groups is 1. The molecule has 2 aromatic rings. The number of hydrogen-bond donors (Lipinski definition) is 0. The highest BCUT2D eigenvalue weighted by Gasteiger charge is 2.11. The van der Waals surface area contributed by atoms with E-state index in [1.54, 1.807) is 18.2 Å². The van der Waals surface area contributed by atoms with Gasteiger partial charge in [-0.15, -0.1) is 5.10 Å². The van der Waals surface area contributed by atoms with E-state index in [2.05, 4.69) is 15.1 Å². The van der Waals surface area contributed by atoms with E-state index in [0.29, 0.717) is 16.1 Å². The van der Waals surface area contributed by atoms with Crippen molar-refractivity contribution >= 4 is 16.9 Å². The van der Waals surface area contributed by atoms with Gasteiger partial charge in [0.1, 0.15) is 11.3 Å². The van der Waals surface area contributed by atoms with Crippen LogP contribution in [0.3, 0.4) is 0 Å². The molecule has 0 fully saturated rings. The standard InChI is InChI=1S/C10H9N3O4/c1-6(14)17-13-10(15)7-4-3-5-8(16-2)9(7)11-12-13/h3-5H,1-2H3. The predicted molar refractivity (Wildman–Crippen MR) is 57.6 cm³/mol. The zero-order chi connectivity index (χ0) is 12.4. The average molecular weight is 235 g/mol. The fourth-order valence-electron chi connectivity index (χ4n) is 1.37. The molecule has 0 amide bonds. The Morgan fingerprint density at radius 3 is 2.82 bits per heavy atom. The van der Waals surface area contributed by atoms with Gasteiger partial charge >= 0.3 is 11.5 Å². The van der Waals surface area contributed by atoms with Gasteiger partial charge in [-0.05, 0) is 22.2 Å². The van der Waals surface area contributed by atoms with Crippen LogP contribution in [0.4, 0.5) is 0 Å². The summed E-state index contributed by atoms with van der Waals surface area (Å²) >= 11 is 0. The Labute approximate surface area is 95.5 Å². The number of fused-ring (bicyclic) bond motifs is 1. The average Bonchev–Trinajstić information content (AvgIpc) is 2.31. The van der Waals surface area contributed by atoms with Crippen LogP contribution < -0.4 is 15.1 Å². The Morgan fingerprint density at radius 2 is 2.18 bits per heavy atom. The number of benzene rings is 1. The molecule has 0 aliphatic carbocycles. The maximum Gasteiger partial charge on any atom is 0.332 e. The quantitative estimate of drug-likeness (QED) is 0.669. The second-order valence-electron chi connectivity index (χ2n) is 3.21. The first kappa shape index (κ1) is 11.1. The lowest BCUT2D eigenvalue weighted by Gasteiger charge is -2.05. The van der Waals surface area contributed by atoms with Gasteiger partial charge < -0.3 is 9.57 Å². The number of carbonyl (C=O) groups excluding carboxylic acids is 1. The molecule has 0 bridgehead atoms. The molecule has 1 heterocycles. The molecule has 0 aliphatic heterocycles. The summed E-state index contributed by atoms with van der Waals surface area (Å²) < 4.78 is 5.05. The van der Waals surface area contributed by atoms with Gasteiger partial charge in [0.05, 0.1) is 12.5 Å². The molecule has 0 atom stereocenters. The van der Waals surface area contributed by atoms with E-state index in [4.69, 9.17) is 4.74 Å². The van der Waals surface area contributed by atoms with Crippen molar-refractivity contribution in [1.82, 2.24) is 15.2 Å². The minimum atomic E-state index is -0.649. The van der Waals surface area contributed by atoms with Crippen molar-refractivity contribution in [3.05, 3.63) is 28.6 Å². The van der Waals surface area contributed by atoms with Crippen molar-refractivity contribution in [2.75, 3.05) is 7.11 Å². The van der Waals surface area contributed by atoms with Crippen molar-refractivity contribution < 1.29 is 14.4 Å². The monoisotopic (exact) mass is 235 g/mol. The number of methoxy groups -OCH3 is 1. The van der Waals surface area contributed by atoms with Crippen LogP contribution in [0.25, 0.3) is 10.9 Å². The van der Waals surface area contributed by atoms with Gasteiger partial charge in [-0.25, -0.2) is 4.79 Å². The molecule has 1 aromatic carbocycles. The molecule has 88 valence electrons. The fourth-order valence-corrected chi connectivity index (χ4v) is 1.37. The molecule has 2 rings (SSSR count). The first-order valence-corrected chi connectivity index (χ1v) is 4.75. The van der Waals surface area contributed by atoms with Crippen molar-refractivity contribution in [3.8, 4) is 5.75 Å². The zero-order valence-electron chi connectivity index (χ0n) is 9.21. The van der Waals surface area contributed by atoms with Crippen LogP contribution in [0.2, 0.25) is 0 Å². The number of aromatic nitrogens is 3. The van der Waals surface area contributed by atoms with E-state index >= 15 is 0 Å². The van der Waals surface area contributed by atoms with Gasteiger partial charge in [0.15, 0.2) is 0 Å². The summed E-state index contributed by atoms with van der Waals surface area (Å²) in [5, 5.41) is 7.53. The minimum absolute atomic E-state index is 0.264. The van der Waals surface area contributed by atoms with Crippen LogP contribution in [0, 0.1) is 0 Å². The van der Waals surface area contributed by atoms with Crippen LogP contribution >= 0.6 is 0 Å². The minimum Gasteiger partial charge on any atom is -0.494 e. The Hall–Kier alpha value is -2.44. The predicted octanol–water partition coefficient (Wildman–Crippen LogP) is -0.225. The van der Waals surface area contributed by atoms with Gasteiger partial charge in [-0.1, -0.05) is 6.07 Å². The second-order valence-corrected chi connectivity index (χ2v) is 3.21. The summed E-state index contributed by atoms with van der Waals surface area (Å²) in [6.07, 6.45) is 0. The van der Waals surface area contributed by atoms with Crippen LogP contribution in [-0.2, 0) is 4.79 Å². The zero-order valence-corrected chi connectivity index (χ0v) is 9.21. The van der Waals surface area contributed by atoms with E-state index in [-0.39, 0.29) is 5.39 Å². The molecule has 7 heteroatoms. The summed E-state index contributed by atoms with van der Waals surface area (Å²) in [7, 11) is 1.47. The Bertz CT molecular complexity index is 635. The first-order chi connectivity index (χ1) is 8.13. The van der Waals surface area contributed by atoms with Crippen molar-refractivity contribution in [2.45, 2.75) is 6.92 Å². The lowest BCUT2D eigenvalue weighted by Crippen LogP contribution is -2.32. The summed E-state index contributed by atoms with van der Waals surface area (Å²) in [6.45, 7) is 1.17. The number of rotatable bonds is 2. The SMILES string of the molecule is COc1cccc2c(=O)n(OC(C)=O)nnc12. The molecule has 0 aliphatic rings. The molecule has 1 aromatic heterocycles. The van der Waals surface area contributed by atoms with Gasteiger partial charge in [-0.3, -0.25) is 4.79 Å². The van der Waals surface area contributed by atoms with E-state index in [9.17, 15) is 9.59 Å². The first-order valence-electron chi connectivity index (χ1n) is 4.75. The van der Waals surface area contributed by atoms with Crippen LogP contribution in [-0.4, -0.2) is 28.2 Å². The highest BCUT2D eigenvalue weighted by molar-refractivity contribution is 5.83. The molecule has 0 saturated heterocycles. The summed E-state index contributed by atoms with van der Waals surface area (Å²) in [6, 6.07) is 4.85. The summed E-state index contributed by atoms with van der Waals surface area (Å²) in [5.74, 6) is -0.217. The summed E-state index contributed by atoms with van der Waals surface area (Å²) in [5.41, 5.74) is -0.243. The molecule has 0 unspecified atom stereocenters. The number of hydrogen-bond acceptors (Lipinski definition) is 6. The fraction of sp³-hybridized carbons (Fsp3) is 0.200. The number of nitrogens with zero attached hydrogens (tertiary/aromatic N) is 3. The molecular formula is C10H9N3O4. The third-order valence-electron chi connectivity index (χ3n) is 2.06. The molecule has 17 heavy (non-hydrogen) atoms. The third kappa shape index (κ3) is 1.94. The molecule has 0 N–H and O–H groups in total. The normalized spacial score (nSPS) is 10.2. The largest absolute Gasteiger partial charge is 0.494 e. The van der Waals surface area contributed by atoms with E-state index in [0.717, 1.165) is 0 Å². The maximum atomic E-state index is 11.9. The van der Waals surface area contributed by atoms with Crippen molar-refractivity contribution in [3.63, 3.8) is 0 Å². The highest BCUT2D eigenvalue weighted by atomic mass is 16.7. The highest BCUT2D eigenvalue weighted by Crippen LogP contribution is 2.19. The molecule has 7 nitrogen and oxygen atoms in total. The van der Waals surface area contributed by atoms with E-state index in [1.807, 2.05) is 0 Å². The van der Waals surface area contributed by atoms with Gasteiger partial charge in [-0.2, -0.15) is 0 Å². The van der Waals surface area contributed by atoms with Crippen LogP contribution in [0.1, 0.15) is 6.92 Å². The Kier molecular flexibility index (Phi) is 2.73. The smallest absolute Gasteiger partial charge is 0.332 e. The van der Waals surface area contributed by atoms with Gasteiger partial charge in [0.25, 0.3) is 0 Å². The Morgan fingerprint density at radius 1 is 1.41 bits per heavy atom. The molecular weight excluding hydrogens is 226 g/mol. The van der Waals surface area contributed by atoms with Crippen molar-refractivity contribution in [2.24, 2.45) is 0 Å².